The molecule has 0 aromatic carbocycles. The van der Waals surface area contributed by atoms with Crippen molar-refractivity contribution in [2.75, 3.05) is 13.7 Å². The van der Waals surface area contributed by atoms with E-state index in [9.17, 15) is 4.79 Å². The van der Waals surface area contributed by atoms with Crippen LogP contribution in [-0.4, -0.2) is 24.8 Å². The number of carbonyl (C=O) groups excluding carboxylic acids is 1. The van der Waals surface area contributed by atoms with E-state index in [1.54, 1.807) is 0 Å². The molecule has 0 heterocycles. The van der Waals surface area contributed by atoms with Crippen molar-refractivity contribution >= 4 is 5.97 Å². The van der Waals surface area contributed by atoms with E-state index < -0.39 is 0 Å². The Hall–Kier alpha value is -0.570. The van der Waals surface area contributed by atoms with Gasteiger partial charge in [0, 0.05) is 13.0 Å². The maximum absolute atomic E-state index is 10.8. The molecule has 0 bridgehead atoms. The highest BCUT2D eigenvalue weighted by atomic mass is 16.5. The lowest BCUT2D eigenvalue weighted by Crippen LogP contribution is -2.07. The first kappa shape index (κ1) is 12.4. The molecular formula is C10H20O3. The van der Waals surface area contributed by atoms with Gasteiger partial charge in [-0.25, -0.2) is 0 Å². The van der Waals surface area contributed by atoms with Crippen molar-refractivity contribution in [3.05, 3.63) is 0 Å². The van der Waals surface area contributed by atoms with Crippen molar-refractivity contribution in [2.45, 2.75) is 39.0 Å². The molecule has 0 saturated carbocycles. The summed E-state index contributed by atoms with van der Waals surface area (Å²) in [6.07, 6.45) is 4.33. The number of methoxy groups -OCH3 is 1. The Bertz CT molecular complexity index is 134. The molecule has 3 heteroatoms. The zero-order chi connectivity index (χ0) is 10.1. The smallest absolute Gasteiger partial charge is 0.305 e. The Morgan fingerprint density at radius 1 is 1.46 bits per heavy atom. The van der Waals surface area contributed by atoms with Crippen LogP contribution in [-0.2, 0) is 9.53 Å². The van der Waals surface area contributed by atoms with Crippen LogP contribution in [0.1, 0.15) is 39.0 Å². The highest BCUT2D eigenvalue weighted by Crippen LogP contribution is 2.13. The van der Waals surface area contributed by atoms with Crippen molar-refractivity contribution in [1.82, 2.24) is 0 Å². The summed E-state index contributed by atoms with van der Waals surface area (Å²) in [5, 5.41) is 8.96. The second kappa shape index (κ2) is 8.05. The topological polar surface area (TPSA) is 46.5 Å². The monoisotopic (exact) mass is 188 g/mol. The predicted molar refractivity (Wildman–Crippen MR) is 51.4 cm³/mol. The lowest BCUT2D eigenvalue weighted by Gasteiger charge is -2.11. The molecule has 0 rings (SSSR count). The van der Waals surface area contributed by atoms with Crippen LogP contribution in [0.25, 0.3) is 0 Å². The van der Waals surface area contributed by atoms with Crippen LogP contribution in [0.2, 0.25) is 0 Å². The van der Waals surface area contributed by atoms with Crippen LogP contribution in [0.3, 0.4) is 0 Å². The molecule has 0 amide bonds. The molecule has 0 spiro atoms. The van der Waals surface area contributed by atoms with E-state index in [4.69, 9.17) is 5.11 Å². The molecular weight excluding hydrogens is 168 g/mol. The third-order valence-corrected chi connectivity index (χ3v) is 2.18. The minimum Gasteiger partial charge on any atom is -0.469 e. The van der Waals surface area contributed by atoms with E-state index in [0.29, 0.717) is 12.3 Å². The largest absolute Gasteiger partial charge is 0.469 e. The van der Waals surface area contributed by atoms with Gasteiger partial charge in [-0.1, -0.05) is 13.3 Å². The third-order valence-electron chi connectivity index (χ3n) is 2.18. The first-order chi connectivity index (χ1) is 6.24. The van der Waals surface area contributed by atoms with Crippen molar-refractivity contribution < 1.29 is 14.6 Å². The Labute approximate surface area is 80.1 Å². The van der Waals surface area contributed by atoms with Gasteiger partial charge in [0.05, 0.1) is 7.11 Å². The summed E-state index contributed by atoms with van der Waals surface area (Å²) in [4.78, 5) is 10.8. The molecule has 3 nitrogen and oxygen atoms in total. The van der Waals surface area contributed by atoms with E-state index in [1.807, 2.05) is 0 Å². The minimum absolute atomic E-state index is 0.159. The van der Waals surface area contributed by atoms with Crippen LogP contribution in [0, 0.1) is 5.92 Å². The summed E-state index contributed by atoms with van der Waals surface area (Å²) >= 11 is 0. The van der Waals surface area contributed by atoms with Crippen LogP contribution >= 0.6 is 0 Å². The molecule has 0 aliphatic heterocycles. The molecule has 78 valence electrons. The standard InChI is InChI=1S/C10H20O3/c1-3-5-9(8-11)6-4-7-10(12)13-2/h9,11H,3-8H2,1-2H3/t9-/m1/s1. The summed E-state index contributed by atoms with van der Waals surface area (Å²) < 4.78 is 4.52. The Balaban J connectivity index is 3.42. The number of aliphatic hydroxyl groups excluding tert-OH is 1. The fraction of sp³-hybridized carbons (Fsp3) is 0.900. The maximum Gasteiger partial charge on any atom is 0.305 e. The van der Waals surface area contributed by atoms with E-state index in [0.717, 1.165) is 25.7 Å². The molecule has 13 heavy (non-hydrogen) atoms. The van der Waals surface area contributed by atoms with Gasteiger partial charge < -0.3 is 9.84 Å². The third kappa shape index (κ3) is 6.58. The molecule has 0 fully saturated rings. The quantitative estimate of drug-likeness (QED) is 0.619. The molecule has 0 aliphatic carbocycles. The van der Waals surface area contributed by atoms with Crippen molar-refractivity contribution in [1.29, 1.82) is 0 Å². The minimum atomic E-state index is -0.159. The van der Waals surface area contributed by atoms with Gasteiger partial charge in [-0.3, -0.25) is 4.79 Å². The Morgan fingerprint density at radius 3 is 2.62 bits per heavy atom. The summed E-state index contributed by atoms with van der Waals surface area (Å²) in [6.45, 7) is 2.33. The van der Waals surface area contributed by atoms with E-state index >= 15 is 0 Å². The average Bonchev–Trinajstić information content (AvgIpc) is 2.16. The van der Waals surface area contributed by atoms with Gasteiger partial charge in [0.25, 0.3) is 0 Å². The number of rotatable bonds is 7. The molecule has 1 N–H and O–H groups in total. The van der Waals surface area contributed by atoms with Crippen molar-refractivity contribution in [3.63, 3.8) is 0 Å². The highest BCUT2D eigenvalue weighted by molar-refractivity contribution is 5.68. The number of ether oxygens (including phenoxy) is 1. The second-order valence-corrected chi connectivity index (χ2v) is 3.31. The summed E-state index contributed by atoms with van der Waals surface area (Å²) in [6, 6.07) is 0. The van der Waals surface area contributed by atoms with Crippen LogP contribution in [0.4, 0.5) is 0 Å². The fourth-order valence-electron chi connectivity index (χ4n) is 1.37. The molecule has 0 aromatic heterocycles. The number of aliphatic hydroxyl groups is 1. The van der Waals surface area contributed by atoms with Crippen LogP contribution < -0.4 is 0 Å². The lowest BCUT2D eigenvalue weighted by molar-refractivity contribution is -0.140. The second-order valence-electron chi connectivity index (χ2n) is 3.31. The van der Waals surface area contributed by atoms with Gasteiger partial charge in [-0.15, -0.1) is 0 Å². The summed E-state index contributed by atoms with van der Waals surface area (Å²) in [5.41, 5.74) is 0. The normalized spacial score (nSPS) is 12.5. The zero-order valence-corrected chi connectivity index (χ0v) is 8.58. The molecule has 1 atom stereocenters. The maximum atomic E-state index is 10.8. The van der Waals surface area contributed by atoms with Gasteiger partial charge >= 0.3 is 5.97 Å². The van der Waals surface area contributed by atoms with Crippen molar-refractivity contribution in [2.24, 2.45) is 5.92 Å². The number of esters is 1. The molecule has 0 unspecified atom stereocenters. The predicted octanol–water partition coefficient (Wildman–Crippen LogP) is 1.74. The van der Waals surface area contributed by atoms with E-state index in [2.05, 4.69) is 11.7 Å². The molecule has 0 aliphatic rings. The lowest BCUT2D eigenvalue weighted by atomic mass is 9.98. The van der Waals surface area contributed by atoms with Crippen LogP contribution in [0.15, 0.2) is 0 Å². The summed E-state index contributed by atoms with van der Waals surface area (Å²) in [5.74, 6) is 0.197. The molecule has 0 aromatic rings. The van der Waals surface area contributed by atoms with Crippen molar-refractivity contribution in [3.8, 4) is 0 Å². The fourth-order valence-corrected chi connectivity index (χ4v) is 1.37. The molecule has 0 saturated heterocycles. The summed E-state index contributed by atoms with van der Waals surface area (Å²) in [7, 11) is 1.40. The number of carbonyl (C=O) groups is 1. The highest BCUT2D eigenvalue weighted by Gasteiger charge is 2.07. The van der Waals surface area contributed by atoms with Gasteiger partial charge in [-0.05, 0) is 25.2 Å². The van der Waals surface area contributed by atoms with E-state index in [1.165, 1.54) is 7.11 Å². The van der Waals surface area contributed by atoms with Gasteiger partial charge in [0.15, 0.2) is 0 Å². The van der Waals surface area contributed by atoms with Crippen LogP contribution in [0.5, 0.6) is 0 Å². The zero-order valence-electron chi connectivity index (χ0n) is 8.58. The number of hydrogen-bond acceptors (Lipinski definition) is 3. The van der Waals surface area contributed by atoms with E-state index in [-0.39, 0.29) is 12.6 Å². The first-order valence-electron chi connectivity index (χ1n) is 4.92. The Morgan fingerprint density at radius 2 is 2.15 bits per heavy atom. The van der Waals surface area contributed by atoms with Gasteiger partial charge in [0.2, 0.25) is 0 Å². The SMILES string of the molecule is CCC[C@@H](CO)CCCC(=O)OC. The molecule has 0 radical (unpaired) electrons. The number of hydrogen-bond donors (Lipinski definition) is 1. The average molecular weight is 188 g/mol. The van der Waals surface area contributed by atoms with Gasteiger partial charge in [-0.2, -0.15) is 0 Å². The Kier molecular flexibility index (Phi) is 7.69. The first-order valence-corrected chi connectivity index (χ1v) is 4.92. The van der Waals surface area contributed by atoms with Gasteiger partial charge in [0.1, 0.15) is 0 Å².